The standard InChI is InChI=1S/C14H23N5O2S/c1-4-11-13(22-17-16-11)14(21)19-7-5-18(6-8-19)9-12(20)15-10(2)3/h10H,4-9H2,1-3H3,(H,15,20). The topological polar surface area (TPSA) is 78.4 Å². The maximum atomic E-state index is 12.5. The molecule has 0 aromatic carbocycles. The molecule has 0 unspecified atom stereocenters. The van der Waals surface area contributed by atoms with Crippen LogP contribution in [-0.4, -0.2) is 70.0 Å². The summed E-state index contributed by atoms with van der Waals surface area (Å²) < 4.78 is 3.87. The molecule has 1 fully saturated rings. The lowest BCUT2D eigenvalue weighted by Crippen LogP contribution is -2.51. The van der Waals surface area contributed by atoms with Crippen molar-refractivity contribution in [3.8, 4) is 0 Å². The van der Waals surface area contributed by atoms with Gasteiger partial charge in [-0.2, -0.15) is 0 Å². The third-order valence-corrected chi connectivity index (χ3v) is 4.32. The monoisotopic (exact) mass is 325 g/mol. The van der Waals surface area contributed by atoms with E-state index in [2.05, 4.69) is 19.8 Å². The summed E-state index contributed by atoms with van der Waals surface area (Å²) in [6.07, 6.45) is 0.715. The first-order valence-corrected chi connectivity index (χ1v) is 8.40. The van der Waals surface area contributed by atoms with Gasteiger partial charge in [0.15, 0.2) is 0 Å². The molecular weight excluding hydrogens is 302 g/mol. The maximum absolute atomic E-state index is 12.5. The Labute approximate surface area is 134 Å². The second kappa shape index (κ2) is 7.64. The van der Waals surface area contributed by atoms with E-state index in [9.17, 15) is 9.59 Å². The predicted molar refractivity (Wildman–Crippen MR) is 84.9 cm³/mol. The predicted octanol–water partition coefficient (Wildman–Crippen LogP) is 0.383. The zero-order valence-corrected chi connectivity index (χ0v) is 14.2. The summed E-state index contributed by atoms with van der Waals surface area (Å²) in [7, 11) is 0. The normalized spacial score (nSPS) is 16.1. The molecule has 8 heteroatoms. The molecule has 2 rings (SSSR count). The number of carbonyl (C=O) groups excluding carboxylic acids is 2. The SMILES string of the molecule is CCc1nnsc1C(=O)N1CCN(CC(=O)NC(C)C)CC1. The van der Waals surface area contributed by atoms with Crippen LogP contribution in [-0.2, 0) is 11.2 Å². The minimum absolute atomic E-state index is 0.0122. The highest BCUT2D eigenvalue weighted by molar-refractivity contribution is 7.08. The first-order valence-electron chi connectivity index (χ1n) is 7.63. The highest BCUT2D eigenvalue weighted by Gasteiger charge is 2.26. The molecule has 1 aliphatic heterocycles. The maximum Gasteiger partial charge on any atom is 0.267 e. The van der Waals surface area contributed by atoms with Crippen molar-refractivity contribution in [2.75, 3.05) is 32.7 Å². The zero-order valence-electron chi connectivity index (χ0n) is 13.3. The Morgan fingerprint density at radius 1 is 1.27 bits per heavy atom. The molecule has 22 heavy (non-hydrogen) atoms. The van der Waals surface area contributed by atoms with Gasteiger partial charge in [0.25, 0.3) is 5.91 Å². The lowest BCUT2D eigenvalue weighted by atomic mass is 10.2. The van der Waals surface area contributed by atoms with Crippen LogP contribution in [0.4, 0.5) is 0 Å². The van der Waals surface area contributed by atoms with Crippen molar-refractivity contribution in [2.45, 2.75) is 33.2 Å². The number of amides is 2. The van der Waals surface area contributed by atoms with Crippen molar-refractivity contribution in [2.24, 2.45) is 0 Å². The molecule has 0 spiro atoms. The zero-order chi connectivity index (χ0) is 16.1. The molecule has 1 aliphatic rings. The molecule has 0 bridgehead atoms. The van der Waals surface area contributed by atoms with Gasteiger partial charge in [0.05, 0.1) is 12.2 Å². The Morgan fingerprint density at radius 2 is 1.95 bits per heavy atom. The van der Waals surface area contributed by atoms with Crippen molar-refractivity contribution in [1.29, 1.82) is 0 Å². The highest BCUT2D eigenvalue weighted by Crippen LogP contribution is 2.15. The molecule has 0 atom stereocenters. The Balaban J connectivity index is 1.84. The van der Waals surface area contributed by atoms with E-state index in [0.29, 0.717) is 44.0 Å². The summed E-state index contributed by atoms with van der Waals surface area (Å²) in [4.78, 5) is 28.8. The average Bonchev–Trinajstić information content (AvgIpc) is 2.94. The summed E-state index contributed by atoms with van der Waals surface area (Å²) in [5, 5.41) is 6.88. The molecule has 7 nitrogen and oxygen atoms in total. The quantitative estimate of drug-likeness (QED) is 0.847. The summed E-state index contributed by atoms with van der Waals surface area (Å²) in [6, 6.07) is 0.154. The van der Waals surface area contributed by atoms with Gasteiger partial charge in [-0.05, 0) is 31.8 Å². The Kier molecular flexibility index (Phi) is 5.84. The second-order valence-electron chi connectivity index (χ2n) is 5.69. The molecular formula is C14H23N5O2S. The van der Waals surface area contributed by atoms with Gasteiger partial charge in [0, 0.05) is 32.2 Å². The molecule has 0 saturated carbocycles. The van der Waals surface area contributed by atoms with Gasteiger partial charge in [-0.3, -0.25) is 14.5 Å². The number of rotatable bonds is 5. The third kappa shape index (κ3) is 4.23. The summed E-state index contributed by atoms with van der Waals surface area (Å²) in [6.45, 7) is 8.95. The fourth-order valence-corrected chi connectivity index (χ4v) is 3.14. The van der Waals surface area contributed by atoms with Crippen LogP contribution in [0.2, 0.25) is 0 Å². The number of aryl methyl sites for hydroxylation is 1. The third-order valence-electron chi connectivity index (χ3n) is 3.56. The number of hydrogen-bond donors (Lipinski definition) is 1. The molecule has 0 radical (unpaired) electrons. The van der Waals surface area contributed by atoms with Crippen LogP contribution in [0, 0.1) is 0 Å². The molecule has 0 aliphatic carbocycles. The first kappa shape index (κ1) is 16.8. The van der Waals surface area contributed by atoms with Crippen LogP contribution in [0.3, 0.4) is 0 Å². The number of nitrogens with one attached hydrogen (secondary N) is 1. The number of hydrogen-bond acceptors (Lipinski definition) is 6. The van der Waals surface area contributed by atoms with Crippen LogP contribution in [0.1, 0.15) is 36.1 Å². The lowest BCUT2D eigenvalue weighted by Gasteiger charge is -2.34. The van der Waals surface area contributed by atoms with Gasteiger partial charge < -0.3 is 10.2 Å². The van der Waals surface area contributed by atoms with Gasteiger partial charge in [-0.25, -0.2) is 0 Å². The highest BCUT2D eigenvalue weighted by atomic mass is 32.1. The van der Waals surface area contributed by atoms with Gasteiger partial charge in [-0.1, -0.05) is 11.4 Å². The summed E-state index contributed by atoms with van der Waals surface area (Å²) >= 11 is 1.16. The van der Waals surface area contributed by atoms with E-state index in [0.717, 1.165) is 17.2 Å². The van der Waals surface area contributed by atoms with E-state index < -0.39 is 0 Å². The van der Waals surface area contributed by atoms with Crippen LogP contribution in [0.25, 0.3) is 0 Å². The molecule has 1 saturated heterocycles. The van der Waals surface area contributed by atoms with Crippen molar-refractivity contribution in [3.05, 3.63) is 10.6 Å². The molecule has 2 heterocycles. The van der Waals surface area contributed by atoms with Crippen molar-refractivity contribution in [3.63, 3.8) is 0 Å². The van der Waals surface area contributed by atoms with Gasteiger partial charge in [-0.15, -0.1) is 5.10 Å². The number of carbonyl (C=O) groups is 2. The largest absolute Gasteiger partial charge is 0.353 e. The first-order chi connectivity index (χ1) is 10.5. The van der Waals surface area contributed by atoms with Crippen LogP contribution < -0.4 is 5.32 Å². The van der Waals surface area contributed by atoms with Crippen molar-refractivity contribution >= 4 is 23.3 Å². The van der Waals surface area contributed by atoms with Crippen molar-refractivity contribution < 1.29 is 9.59 Å². The second-order valence-corrected chi connectivity index (χ2v) is 6.45. The molecule has 1 aromatic rings. The Hall–Kier alpha value is -1.54. The van der Waals surface area contributed by atoms with E-state index >= 15 is 0 Å². The summed E-state index contributed by atoms with van der Waals surface area (Å²) in [5.41, 5.74) is 0.772. The summed E-state index contributed by atoms with van der Waals surface area (Å²) in [5.74, 6) is 0.0489. The lowest BCUT2D eigenvalue weighted by molar-refractivity contribution is -0.123. The Morgan fingerprint density at radius 3 is 2.55 bits per heavy atom. The van der Waals surface area contributed by atoms with E-state index in [4.69, 9.17) is 0 Å². The Bertz CT molecular complexity index is 523. The number of piperazine rings is 1. The van der Waals surface area contributed by atoms with Crippen LogP contribution >= 0.6 is 11.5 Å². The average molecular weight is 325 g/mol. The molecule has 2 amide bonds. The molecule has 1 aromatic heterocycles. The minimum Gasteiger partial charge on any atom is -0.353 e. The molecule has 122 valence electrons. The van der Waals surface area contributed by atoms with E-state index in [-0.39, 0.29) is 17.9 Å². The van der Waals surface area contributed by atoms with Gasteiger partial charge in [0.2, 0.25) is 5.91 Å². The number of nitrogens with zero attached hydrogens (tertiary/aromatic N) is 4. The van der Waals surface area contributed by atoms with Gasteiger partial charge >= 0.3 is 0 Å². The van der Waals surface area contributed by atoms with Crippen LogP contribution in [0.15, 0.2) is 0 Å². The van der Waals surface area contributed by atoms with Crippen molar-refractivity contribution in [1.82, 2.24) is 24.7 Å². The minimum atomic E-state index is 0.0122. The van der Waals surface area contributed by atoms with E-state index in [1.165, 1.54) is 0 Å². The van der Waals surface area contributed by atoms with Gasteiger partial charge in [0.1, 0.15) is 4.88 Å². The molecule has 1 N–H and O–H groups in total. The van der Waals surface area contributed by atoms with Crippen LogP contribution in [0.5, 0.6) is 0 Å². The van der Waals surface area contributed by atoms with E-state index in [1.807, 2.05) is 25.7 Å². The van der Waals surface area contributed by atoms with E-state index in [1.54, 1.807) is 0 Å². The number of aromatic nitrogens is 2. The fraction of sp³-hybridized carbons (Fsp3) is 0.714. The fourth-order valence-electron chi connectivity index (χ4n) is 2.43. The smallest absolute Gasteiger partial charge is 0.267 e.